The molecule has 0 fully saturated rings. The van der Waals surface area contributed by atoms with Gasteiger partial charge in [0.05, 0.1) is 6.10 Å². The van der Waals surface area contributed by atoms with Crippen molar-refractivity contribution in [1.29, 1.82) is 0 Å². The largest absolute Gasteiger partial charge is 0.457 e. The molecule has 76 valence electrons. The molecule has 0 spiro atoms. The van der Waals surface area contributed by atoms with Crippen LogP contribution in [0.3, 0.4) is 0 Å². The van der Waals surface area contributed by atoms with E-state index >= 15 is 0 Å². The Hall–Kier alpha value is -0.830. The monoisotopic (exact) mass is 186 g/mol. The van der Waals surface area contributed by atoms with Crippen molar-refractivity contribution in [2.75, 3.05) is 0 Å². The van der Waals surface area contributed by atoms with E-state index in [9.17, 15) is 4.79 Å². The molecule has 0 radical (unpaired) electrons. The summed E-state index contributed by atoms with van der Waals surface area (Å²) >= 11 is 0. The lowest BCUT2D eigenvalue weighted by Crippen LogP contribution is -2.22. The van der Waals surface area contributed by atoms with Crippen LogP contribution in [-0.4, -0.2) is 22.8 Å². The van der Waals surface area contributed by atoms with Crippen molar-refractivity contribution in [3.05, 3.63) is 12.2 Å². The van der Waals surface area contributed by atoms with Gasteiger partial charge in [0.15, 0.2) is 0 Å². The van der Waals surface area contributed by atoms with Crippen LogP contribution >= 0.6 is 0 Å². The topological polar surface area (TPSA) is 46.5 Å². The van der Waals surface area contributed by atoms with Gasteiger partial charge < -0.3 is 9.84 Å². The number of hydrogen-bond acceptors (Lipinski definition) is 3. The summed E-state index contributed by atoms with van der Waals surface area (Å²) in [5.41, 5.74) is -0.452. The molecule has 0 aromatic rings. The molecule has 0 aromatic heterocycles. The summed E-state index contributed by atoms with van der Waals surface area (Å²) in [5, 5.41) is 8.89. The van der Waals surface area contributed by atoms with E-state index in [1.54, 1.807) is 13.0 Å². The van der Waals surface area contributed by atoms with E-state index in [1.807, 2.05) is 20.8 Å². The van der Waals surface area contributed by atoms with E-state index in [-0.39, 0.29) is 5.97 Å². The van der Waals surface area contributed by atoms with Crippen molar-refractivity contribution in [3.63, 3.8) is 0 Å². The first kappa shape index (κ1) is 12.2. The van der Waals surface area contributed by atoms with Crippen LogP contribution < -0.4 is 0 Å². The molecule has 1 N–H and O–H groups in total. The second-order valence-electron chi connectivity index (χ2n) is 4.02. The van der Waals surface area contributed by atoms with E-state index < -0.39 is 11.7 Å². The third-order valence-electron chi connectivity index (χ3n) is 1.14. The van der Waals surface area contributed by atoms with Gasteiger partial charge >= 0.3 is 5.97 Å². The molecule has 3 nitrogen and oxygen atoms in total. The molecular weight excluding hydrogens is 168 g/mol. The zero-order valence-electron chi connectivity index (χ0n) is 8.70. The van der Waals surface area contributed by atoms with E-state index in [0.717, 1.165) is 0 Å². The fourth-order valence-electron chi connectivity index (χ4n) is 0.697. The first-order valence-corrected chi connectivity index (χ1v) is 4.39. The molecule has 13 heavy (non-hydrogen) atoms. The maximum atomic E-state index is 11.0. The van der Waals surface area contributed by atoms with Crippen LogP contribution in [0.4, 0.5) is 0 Å². The molecule has 0 saturated carbocycles. The SMILES string of the molecule is CC(O)C/C=C\C(=O)OC(C)(C)C. The van der Waals surface area contributed by atoms with Crippen LogP contribution in [0.5, 0.6) is 0 Å². The second kappa shape index (κ2) is 5.02. The number of carbonyl (C=O) groups is 1. The minimum absolute atomic E-state index is 0.367. The molecule has 0 amide bonds. The number of esters is 1. The second-order valence-corrected chi connectivity index (χ2v) is 4.02. The summed E-state index contributed by atoms with van der Waals surface area (Å²) in [5.74, 6) is -0.367. The van der Waals surface area contributed by atoms with Gasteiger partial charge in [-0.3, -0.25) is 0 Å². The molecule has 0 aliphatic rings. The third-order valence-corrected chi connectivity index (χ3v) is 1.14. The number of aliphatic hydroxyl groups excluding tert-OH is 1. The first-order valence-electron chi connectivity index (χ1n) is 4.39. The molecule has 0 aliphatic carbocycles. The lowest BCUT2D eigenvalue weighted by Gasteiger charge is -2.17. The van der Waals surface area contributed by atoms with Crippen molar-refractivity contribution in [2.45, 2.75) is 45.8 Å². The van der Waals surface area contributed by atoms with Gasteiger partial charge in [-0.05, 0) is 34.1 Å². The van der Waals surface area contributed by atoms with Crippen molar-refractivity contribution >= 4 is 5.97 Å². The number of carbonyl (C=O) groups excluding carboxylic acids is 1. The average molecular weight is 186 g/mol. The Morgan fingerprint density at radius 1 is 1.54 bits per heavy atom. The predicted octanol–water partition coefficient (Wildman–Crippen LogP) is 1.66. The predicted molar refractivity (Wildman–Crippen MR) is 51.3 cm³/mol. The van der Waals surface area contributed by atoms with Gasteiger partial charge in [-0.1, -0.05) is 6.08 Å². The molecule has 3 heteroatoms. The highest BCUT2D eigenvalue weighted by Gasteiger charge is 2.13. The standard InChI is InChI=1S/C10H18O3/c1-8(11)6-5-7-9(12)13-10(2,3)4/h5,7-8,11H,6H2,1-4H3/b7-5-. The Morgan fingerprint density at radius 3 is 2.46 bits per heavy atom. The van der Waals surface area contributed by atoms with Gasteiger partial charge in [-0.25, -0.2) is 4.79 Å². The van der Waals surface area contributed by atoms with Crippen LogP contribution in [0.25, 0.3) is 0 Å². The third kappa shape index (κ3) is 9.08. The highest BCUT2D eigenvalue weighted by molar-refractivity contribution is 5.82. The van der Waals surface area contributed by atoms with Gasteiger partial charge in [-0.2, -0.15) is 0 Å². The maximum Gasteiger partial charge on any atom is 0.330 e. The van der Waals surface area contributed by atoms with E-state index in [2.05, 4.69) is 0 Å². The molecule has 0 aromatic carbocycles. The molecular formula is C10H18O3. The van der Waals surface area contributed by atoms with E-state index in [4.69, 9.17) is 9.84 Å². The summed E-state index contributed by atoms with van der Waals surface area (Å²) < 4.78 is 5.01. The van der Waals surface area contributed by atoms with Crippen molar-refractivity contribution in [2.24, 2.45) is 0 Å². The van der Waals surface area contributed by atoms with Gasteiger partial charge in [0.25, 0.3) is 0 Å². The van der Waals surface area contributed by atoms with Gasteiger partial charge in [0.1, 0.15) is 5.60 Å². The summed E-state index contributed by atoms with van der Waals surface area (Å²) in [6, 6.07) is 0. The number of rotatable bonds is 3. The number of aliphatic hydroxyl groups is 1. The molecule has 0 aliphatic heterocycles. The van der Waals surface area contributed by atoms with Crippen LogP contribution in [0.15, 0.2) is 12.2 Å². The molecule has 1 atom stereocenters. The summed E-state index contributed by atoms with van der Waals surface area (Å²) in [4.78, 5) is 11.0. The van der Waals surface area contributed by atoms with E-state index in [0.29, 0.717) is 6.42 Å². The van der Waals surface area contributed by atoms with Crippen molar-refractivity contribution < 1.29 is 14.6 Å². The van der Waals surface area contributed by atoms with Gasteiger partial charge in [0.2, 0.25) is 0 Å². The highest BCUT2D eigenvalue weighted by Crippen LogP contribution is 2.07. The smallest absolute Gasteiger partial charge is 0.330 e. The van der Waals surface area contributed by atoms with Crippen LogP contribution in [0.2, 0.25) is 0 Å². The minimum Gasteiger partial charge on any atom is -0.457 e. The number of ether oxygens (including phenoxy) is 1. The van der Waals surface area contributed by atoms with Crippen LogP contribution in [0, 0.1) is 0 Å². The van der Waals surface area contributed by atoms with Crippen molar-refractivity contribution in [3.8, 4) is 0 Å². The fraction of sp³-hybridized carbons (Fsp3) is 0.700. The molecule has 0 bridgehead atoms. The normalized spacial score (nSPS) is 14.5. The maximum absolute atomic E-state index is 11.0. The summed E-state index contributed by atoms with van der Waals surface area (Å²) in [6.07, 6.45) is 3.01. The van der Waals surface area contributed by atoms with Crippen molar-refractivity contribution in [1.82, 2.24) is 0 Å². The molecule has 0 rings (SSSR count). The summed E-state index contributed by atoms with van der Waals surface area (Å²) in [7, 11) is 0. The van der Waals surface area contributed by atoms with Crippen LogP contribution in [0.1, 0.15) is 34.1 Å². The number of hydrogen-bond donors (Lipinski definition) is 1. The molecule has 0 heterocycles. The quantitative estimate of drug-likeness (QED) is 0.538. The Labute approximate surface area is 79.4 Å². The Balaban J connectivity index is 3.81. The summed E-state index contributed by atoms with van der Waals surface area (Å²) in [6.45, 7) is 7.10. The molecule has 1 unspecified atom stereocenters. The Bertz CT molecular complexity index is 187. The Kier molecular flexibility index (Phi) is 4.70. The van der Waals surface area contributed by atoms with E-state index in [1.165, 1.54) is 6.08 Å². The lowest BCUT2D eigenvalue weighted by molar-refractivity contribution is -0.148. The lowest BCUT2D eigenvalue weighted by atomic mass is 10.2. The fourth-order valence-corrected chi connectivity index (χ4v) is 0.697. The molecule has 0 saturated heterocycles. The van der Waals surface area contributed by atoms with Gasteiger partial charge in [0, 0.05) is 6.08 Å². The van der Waals surface area contributed by atoms with Gasteiger partial charge in [-0.15, -0.1) is 0 Å². The first-order chi connectivity index (χ1) is 5.81. The average Bonchev–Trinajstić information content (AvgIpc) is 1.81. The Morgan fingerprint density at radius 2 is 2.08 bits per heavy atom. The van der Waals surface area contributed by atoms with Crippen LogP contribution in [-0.2, 0) is 9.53 Å². The highest BCUT2D eigenvalue weighted by atomic mass is 16.6. The zero-order chi connectivity index (χ0) is 10.5. The minimum atomic E-state index is -0.452. The zero-order valence-corrected chi connectivity index (χ0v) is 8.70.